The Morgan fingerprint density at radius 3 is 2.19 bits per heavy atom. The molecule has 1 unspecified atom stereocenters. The van der Waals surface area contributed by atoms with Crippen LogP contribution in [0.25, 0.3) is 0 Å². The van der Waals surface area contributed by atoms with E-state index in [4.69, 9.17) is 9.15 Å². The molecule has 142 valence electrons. The largest absolute Gasteiger partial charge is 0.491 e. The lowest BCUT2D eigenvalue weighted by Gasteiger charge is -2.19. The molecule has 0 saturated carbocycles. The Balaban J connectivity index is 1.70. The predicted molar refractivity (Wildman–Crippen MR) is 110 cm³/mol. The van der Waals surface area contributed by atoms with Crippen molar-refractivity contribution in [1.82, 2.24) is 5.32 Å². The zero-order valence-corrected chi connectivity index (χ0v) is 16.4. The van der Waals surface area contributed by atoms with Gasteiger partial charge in [-0.3, -0.25) is 0 Å². The fourth-order valence-corrected chi connectivity index (χ4v) is 3.25. The van der Waals surface area contributed by atoms with Gasteiger partial charge in [-0.05, 0) is 69.1 Å². The third-order valence-corrected chi connectivity index (χ3v) is 4.62. The van der Waals surface area contributed by atoms with E-state index in [0.717, 1.165) is 31.0 Å². The minimum absolute atomic E-state index is 0.189. The molecule has 0 aliphatic heterocycles. The summed E-state index contributed by atoms with van der Waals surface area (Å²) in [5.41, 5.74) is 3.95. The van der Waals surface area contributed by atoms with Crippen molar-refractivity contribution in [2.24, 2.45) is 0 Å². The number of aryl methyl sites for hydroxylation is 1. The molecule has 0 fully saturated rings. The first-order valence-corrected chi connectivity index (χ1v) is 9.68. The highest BCUT2D eigenvalue weighted by molar-refractivity contribution is 5.37. The van der Waals surface area contributed by atoms with E-state index in [2.05, 4.69) is 60.8 Å². The predicted octanol–water partition coefficient (Wildman–Crippen LogP) is 5.69. The average Bonchev–Trinajstić information content (AvgIpc) is 3.17. The van der Waals surface area contributed by atoms with Gasteiger partial charge in [0.05, 0.1) is 18.9 Å². The van der Waals surface area contributed by atoms with Gasteiger partial charge in [-0.2, -0.15) is 0 Å². The molecule has 0 aliphatic rings. The molecule has 1 atom stereocenters. The summed E-state index contributed by atoms with van der Waals surface area (Å²) >= 11 is 0. The first-order valence-electron chi connectivity index (χ1n) is 9.68. The molecule has 3 heteroatoms. The van der Waals surface area contributed by atoms with Crippen LogP contribution in [0.5, 0.6) is 5.75 Å². The average molecular weight is 364 g/mol. The van der Waals surface area contributed by atoms with Crippen molar-refractivity contribution < 1.29 is 9.15 Å². The van der Waals surface area contributed by atoms with Gasteiger partial charge in [0, 0.05) is 5.92 Å². The standard InChI is InChI=1S/C24H29NO2/c1-18(2)27-22-12-10-21(11-13-22)24(20-8-6-19(3)7-9-20)14-15-25-17-23-5-4-16-26-23/h4-13,16,18,24-25H,14-15,17H2,1-3H3. The van der Waals surface area contributed by atoms with Crippen LogP contribution in [-0.4, -0.2) is 12.6 Å². The monoisotopic (exact) mass is 363 g/mol. The minimum Gasteiger partial charge on any atom is -0.491 e. The maximum Gasteiger partial charge on any atom is 0.119 e. The van der Waals surface area contributed by atoms with Gasteiger partial charge in [0.25, 0.3) is 0 Å². The van der Waals surface area contributed by atoms with Gasteiger partial charge >= 0.3 is 0 Å². The van der Waals surface area contributed by atoms with Crippen LogP contribution in [0.3, 0.4) is 0 Å². The molecule has 0 amide bonds. The summed E-state index contributed by atoms with van der Waals surface area (Å²) in [6.45, 7) is 7.90. The summed E-state index contributed by atoms with van der Waals surface area (Å²) in [6, 6.07) is 21.3. The molecule has 0 saturated heterocycles. The highest BCUT2D eigenvalue weighted by atomic mass is 16.5. The number of hydrogen-bond acceptors (Lipinski definition) is 3. The summed E-state index contributed by atoms with van der Waals surface area (Å²) in [5.74, 6) is 2.24. The maximum atomic E-state index is 5.79. The van der Waals surface area contributed by atoms with Crippen molar-refractivity contribution in [2.45, 2.75) is 45.8 Å². The molecule has 2 aromatic carbocycles. The molecule has 3 rings (SSSR count). The van der Waals surface area contributed by atoms with E-state index in [1.54, 1.807) is 6.26 Å². The molecule has 0 radical (unpaired) electrons. The normalized spacial score (nSPS) is 12.3. The lowest BCUT2D eigenvalue weighted by molar-refractivity contribution is 0.242. The Hall–Kier alpha value is -2.52. The SMILES string of the molecule is Cc1ccc(C(CCNCc2ccco2)c2ccc(OC(C)C)cc2)cc1. The topological polar surface area (TPSA) is 34.4 Å². The number of nitrogens with one attached hydrogen (secondary N) is 1. The molecular formula is C24H29NO2. The summed E-state index contributed by atoms with van der Waals surface area (Å²) in [4.78, 5) is 0. The van der Waals surface area contributed by atoms with E-state index in [-0.39, 0.29) is 6.10 Å². The summed E-state index contributed by atoms with van der Waals surface area (Å²) in [5, 5.41) is 3.49. The summed E-state index contributed by atoms with van der Waals surface area (Å²) in [7, 11) is 0. The van der Waals surface area contributed by atoms with Crippen LogP contribution >= 0.6 is 0 Å². The zero-order valence-electron chi connectivity index (χ0n) is 16.4. The third kappa shape index (κ3) is 5.73. The van der Waals surface area contributed by atoms with Crippen LogP contribution in [0.2, 0.25) is 0 Å². The van der Waals surface area contributed by atoms with Crippen molar-refractivity contribution >= 4 is 0 Å². The number of ether oxygens (including phenoxy) is 1. The molecule has 27 heavy (non-hydrogen) atoms. The van der Waals surface area contributed by atoms with E-state index in [9.17, 15) is 0 Å². The van der Waals surface area contributed by atoms with Crippen LogP contribution in [0.15, 0.2) is 71.3 Å². The van der Waals surface area contributed by atoms with Crippen LogP contribution in [0.1, 0.15) is 48.6 Å². The molecule has 1 heterocycles. The van der Waals surface area contributed by atoms with E-state index >= 15 is 0 Å². The van der Waals surface area contributed by atoms with Gasteiger partial charge in [0.1, 0.15) is 11.5 Å². The molecule has 1 N–H and O–H groups in total. The number of rotatable bonds is 9. The number of furan rings is 1. The molecule has 0 bridgehead atoms. The Labute approximate surface area is 162 Å². The summed E-state index contributed by atoms with van der Waals surface area (Å²) in [6.07, 6.45) is 2.93. The highest BCUT2D eigenvalue weighted by Crippen LogP contribution is 2.29. The van der Waals surface area contributed by atoms with Crippen LogP contribution < -0.4 is 10.1 Å². The van der Waals surface area contributed by atoms with Crippen molar-refractivity contribution in [3.8, 4) is 5.75 Å². The molecule has 0 aliphatic carbocycles. The molecular weight excluding hydrogens is 334 g/mol. The van der Waals surface area contributed by atoms with Crippen molar-refractivity contribution in [3.63, 3.8) is 0 Å². The van der Waals surface area contributed by atoms with E-state index in [1.807, 2.05) is 26.0 Å². The Morgan fingerprint density at radius 1 is 0.926 bits per heavy atom. The van der Waals surface area contributed by atoms with Gasteiger partial charge in [-0.1, -0.05) is 42.0 Å². The van der Waals surface area contributed by atoms with E-state index in [1.165, 1.54) is 16.7 Å². The van der Waals surface area contributed by atoms with Gasteiger partial charge < -0.3 is 14.5 Å². The second-order valence-corrected chi connectivity index (χ2v) is 7.24. The van der Waals surface area contributed by atoms with Gasteiger partial charge in [-0.25, -0.2) is 0 Å². The second-order valence-electron chi connectivity index (χ2n) is 7.24. The first-order chi connectivity index (χ1) is 13.1. The van der Waals surface area contributed by atoms with Crippen molar-refractivity contribution in [1.29, 1.82) is 0 Å². The quantitative estimate of drug-likeness (QED) is 0.496. The van der Waals surface area contributed by atoms with Gasteiger partial charge in [0.2, 0.25) is 0 Å². The van der Waals surface area contributed by atoms with Crippen LogP contribution in [0.4, 0.5) is 0 Å². The van der Waals surface area contributed by atoms with E-state index < -0.39 is 0 Å². The fraction of sp³-hybridized carbons (Fsp3) is 0.333. The lowest BCUT2D eigenvalue weighted by atomic mass is 9.88. The Bertz CT molecular complexity index is 789. The Kier molecular flexibility index (Phi) is 6.72. The molecule has 3 aromatic rings. The molecule has 0 spiro atoms. The first kappa shape index (κ1) is 19.2. The smallest absolute Gasteiger partial charge is 0.119 e. The molecule has 3 nitrogen and oxygen atoms in total. The van der Waals surface area contributed by atoms with Crippen LogP contribution in [-0.2, 0) is 6.54 Å². The maximum absolute atomic E-state index is 5.79. The number of benzene rings is 2. The zero-order chi connectivity index (χ0) is 19.1. The van der Waals surface area contributed by atoms with E-state index in [0.29, 0.717) is 5.92 Å². The summed E-state index contributed by atoms with van der Waals surface area (Å²) < 4.78 is 11.2. The van der Waals surface area contributed by atoms with Crippen LogP contribution in [0, 0.1) is 6.92 Å². The van der Waals surface area contributed by atoms with Crippen molar-refractivity contribution in [2.75, 3.05) is 6.54 Å². The lowest BCUT2D eigenvalue weighted by Crippen LogP contribution is -2.17. The van der Waals surface area contributed by atoms with Gasteiger partial charge in [0.15, 0.2) is 0 Å². The highest BCUT2D eigenvalue weighted by Gasteiger charge is 2.14. The molecule has 1 aromatic heterocycles. The Morgan fingerprint density at radius 2 is 1.59 bits per heavy atom. The fourth-order valence-electron chi connectivity index (χ4n) is 3.25. The third-order valence-electron chi connectivity index (χ3n) is 4.62. The number of hydrogen-bond donors (Lipinski definition) is 1. The minimum atomic E-state index is 0.189. The van der Waals surface area contributed by atoms with Crippen molar-refractivity contribution in [3.05, 3.63) is 89.4 Å². The van der Waals surface area contributed by atoms with Gasteiger partial charge in [-0.15, -0.1) is 0 Å². The second kappa shape index (κ2) is 9.43.